The van der Waals surface area contributed by atoms with Crippen LogP contribution in [0.5, 0.6) is 0 Å². The van der Waals surface area contributed by atoms with Crippen LogP contribution in [-0.2, 0) is 0 Å². The lowest BCUT2D eigenvalue weighted by Crippen LogP contribution is -2.43. The number of piperidine rings is 1. The van der Waals surface area contributed by atoms with Gasteiger partial charge in [0.25, 0.3) is 11.8 Å². The van der Waals surface area contributed by atoms with E-state index in [4.69, 9.17) is 5.73 Å². The SMILES string of the molecule is CCCC(CCC)Nc1cc(C(=O)NC2CC3CCCN(c4ccc(C(C)=O)cn4)C3C2)ccc1C(N)=O. The van der Waals surface area contributed by atoms with Gasteiger partial charge in [-0.25, -0.2) is 4.98 Å². The van der Waals surface area contributed by atoms with E-state index in [-0.39, 0.29) is 23.8 Å². The van der Waals surface area contributed by atoms with Crippen molar-refractivity contribution in [2.75, 3.05) is 16.8 Å². The number of nitrogens with one attached hydrogen (secondary N) is 2. The molecule has 2 aliphatic rings. The standard InChI is InChI=1S/C30H41N5O3/c1-4-7-23(8-5-2)33-26-16-21(10-12-25(26)29(31)37)30(38)34-24-15-20-9-6-14-35(27(20)17-24)28-13-11-22(18-32-28)19(3)36/h10-13,16,18,20,23-24,27,33H,4-9,14-15,17H2,1-3H3,(H2,31,37)(H,34,38). The minimum Gasteiger partial charge on any atom is -0.382 e. The lowest BCUT2D eigenvalue weighted by Gasteiger charge is -2.38. The first-order valence-corrected chi connectivity index (χ1v) is 14.1. The molecule has 0 spiro atoms. The van der Waals surface area contributed by atoms with Gasteiger partial charge in [-0.2, -0.15) is 0 Å². The molecule has 1 saturated carbocycles. The van der Waals surface area contributed by atoms with Gasteiger partial charge in [0.1, 0.15) is 5.82 Å². The highest BCUT2D eigenvalue weighted by Crippen LogP contribution is 2.39. The van der Waals surface area contributed by atoms with E-state index in [0.29, 0.717) is 34.3 Å². The lowest BCUT2D eigenvalue weighted by atomic mass is 9.92. The Hall–Kier alpha value is -3.42. The van der Waals surface area contributed by atoms with Crippen LogP contribution in [0.3, 0.4) is 0 Å². The van der Waals surface area contributed by atoms with Crippen LogP contribution in [0.1, 0.15) is 103 Å². The molecule has 2 amide bonds. The summed E-state index contributed by atoms with van der Waals surface area (Å²) in [5, 5.41) is 6.73. The van der Waals surface area contributed by atoms with Gasteiger partial charge in [-0.05, 0) is 81.7 Å². The van der Waals surface area contributed by atoms with Crippen molar-refractivity contribution in [1.82, 2.24) is 10.3 Å². The predicted octanol–water partition coefficient (Wildman–Crippen LogP) is 4.94. The Balaban J connectivity index is 1.46. The highest BCUT2D eigenvalue weighted by molar-refractivity contribution is 6.02. The fraction of sp³-hybridized carbons (Fsp3) is 0.533. The molecule has 2 fully saturated rings. The zero-order valence-corrected chi connectivity index (χ0v) is 22.8. The molecule has 4 N–H and O–H groups in total. The van der Waals surface area contributed by atoms with Crippen LogP contribution in [0.25, 0.3) is 0 Å². The topological polar surface area (TPSA) is 117 Å². The summed E-state index contributed by atoms with van der Waals surface area (Å²) in [7, 11) is 0. The van der Waals surface area contributed by atoms with E-state index in [1.807, 2.05) is 12.1 Å². The first-order chi connectivity index (χ1) is 18.3. The maximum Gasteiger partial charge on any atom is 0.251 e. The number of nitrogens with zero attached hydrogens (tertiary/aromatic N) is 2. The summed E-state index contributed by atoms with van der Waals surface area (Å²) < 4.78 is 0. The van der Waals surface area contributed by atoms with Crippen molar-refractivity contribution >= 4 is 29.1 Å². The number of primary amides is 1. The Labute approximate surface area is 225 Å². The molecule has 0 bridgehead atoms. The largest absolute Gasteiger partial charge is 0.382 e. The quantitative estimate of drug-likeness (QED) is 0.362. The Morgan fingerprint density at radius 2 is 1.82 bits per heavy atom. The van der Waals surface area contributed by atoms with Crippen molar-refractivity contribution in [3.63, 3.8) is 0 Å². The van der Waals surface area contributed by atoms with Gasteiger partial charge < -0.3 is 21.3 Å². The number of amides is 2. The molecule has 3 unspecified atom stereocenters. The molecule has 38 heavy (non-hydrogen) atoms. The number of fused-ring (bicyclic) bond motifs is 1. The van der Waals surface area contributed by atoms with Crippen molar-refractivity contribution in [3.8, 4) is 0 Å². The van der Waals surface area contributed by atoms with Crippen LogP contribution in [0, 0.1) is 5.92 Å². The van der Waals surface area contributed by atoms with E-state index in [1.165, 1.54) is 0 Å². The van der Waals surface area contributed by atoms with E-state index in [1.54, 1.807) is 31.3 Å². The molecule has 8 heteroatoms. The fourth-order valence-electron chi connectivity index (χ4n) is 6.14. The summed E-state index contributed by atoms with van der Waals surface area (Å²) in [5.74, 6) is 0.754. The molecule has 1 aliphatic carbocycles. The second kappa shape index (κ2) is 12.4. The number of hydrogen-bond acceptors (Lipinski definition) is 6. The summed E-state index contributed by atoms with van der Waals surface area (Å²) in [4.78, 5) is 44.0. The molecule has 2 heterocycles. The number of Topliss-reactive ketones (excluding diaryl/α,β-unsaturated/α-hetero) is 1. The van der Waals surface area contributed by atoms with Crippen molar-refractivity contribution in [2.24, 2.45) is 11.7 Å². The van der Waals surface area contributed by atoms with Crippen LogP contribution < -0.4 is 21.3 Å². The number of anilines is 2. The normalized spacial score (nSPS) is 20.7. The average molecular weight is 520 g/mol. The molecular formula is C30H41N5O3. The van der Waals surface area contributed by atoms with E-state index in [0.717, 1.165) is 63.7 Å². The number of rotatable bonds is 11. The third-order valence-electron chi connectivity index (χ3n) is 8.00. The summed E-state index contributed by atoms with van der Waals surface area (Å²) >= 11 is 0. The fourth-order valence-corrected chi connectivity index (χ4v) is 6.14. The zero-order chi connectivity index (χ0) is 27.2. The van der Waals surface area contributed by atoms with Crippen LogP contribution in [0.15, 0.2) is 36.5 Å². The molecule has 1 aromatic heterocycles. The lowest BCUT2D eigenvalue weighted by molar-refractivity contribution is 0.0934. The minimum atomic E-state index is -0.504. The van der Waals surface area contributed by atoms with Crippen LogP contribution in [0.4, 0.5) is 11.5 Å². The number of pyridine rings is 1. The van der Waals surface area contributed by atoms with Crippen LogP contribution >= 0.6 is 0 Å². The number of aromatic nitrogens is 1. The molecule has 8 nitrogen and oxygen atoms in total. The third kappa shape index (κ3) is 6.34. The van der Waals surface area contributed by atoms with Gasteiger partial charge in [0, 0.05) is 47.7 Å². The first kappa shape index (κ1) is 27.6. The Kier molecular flexibility index (Phi) is 9.02. The third-order valence-corrected chi connectivity index (χ3v) is 8.00. The molecule has 1 saturated heterocycles. The number of carbonyl (C=O) groups is 3. The van der Waals surface area contributed by atoms with Crippen molar-refractivity contribution in [3.05, 3.63) is 53.2 Å². The van der Waals surface area contributed by atoms with E-state index < -0.39 is 5.91 Å². The van der Waals surface area contributed by atoms with Gasteiger partial charge >= 0.3 is 0 Å². The van der Waals surface area contributed by atoms with Crippen molar-refractivity contribution in [2.45, 2.75) is 90.3 Å². The Morgan fingerprint density at radius 3 is 2.45 bits per heavy atom. The van der Waals surface area contributed by atoms with Crippen molar-refractivity contribution in [1.29, 1.82) is 0 Å². The predicted molar refractivity (Wildman–Crippen MR) is 151 cm³/mol. The second-order valence-corrected chi connectivity index (χ2v) is 10.8. The first-order valence-electron chi connectivity index (χ1n) is 14.1. The maximum atomic E-state index is 13.3. The highest BCUT2D eigenvalue weighted by Gasteiger charge is 2.41. The Morgan fingerprint density at radius 1 is 1.08 bits per heavy atom. The molecule has 2 aromatic rings. The minimum absolute atomic E-state index is 0.0117. The van der Waals surface area contributed by atoms with Gasteiger partial charge in [-0.1, -0.05) is 26.7 Å². The van der Waals surface area contributed by atoms with Gasteiger partial charge in [0.2, 0.25) is 0 Å². The monoisotopic (exact) mass is 519 g/mol. The maximum absolute atomic E-state index is 13.3. The Bertz CT molecular complexity index is 1140. The summed E-state index contributed by atoms with van der Waals surface area (Å²) in [5.41, 5.74) is 7.82. The smallest absolute Gasteiger partial charge is 0.251 e. The number of carbonyl (C=O) groups excluding carboxylic acids is 3. The van der Waals surface area contributed by atoms with Crippen molar-refractivity contribution < 1.29 is 14.4 Å². The second-order valence-electron chi connectivity index (χ2n) is 10.8. The number of hydrogen-bond donors (Lipinski definition) is 3. The van der Waals surface area contributed by atoms with E-state index >= 15 is 0 Å². The van der Waals surface area contributed by atoms with Gasteiger partial charge in [-0.3, -0.25) is 14.4 Å². The summed E-state index contributed by atoms with van der Waals surface area (Å²) in [6.45, 7) is 6.75. The van der Waals surface area contributed by atoms with E-state index in [2.05, 4.69) is 34.4 Å². The molecule has 204 valence electrons. The zero-order valence-electron chi connectivity index (χ0n) is 22.8. The average Bonchev–Trinajstić information content (AvgIpc) is 3.31. The molecule has 4 rings (SSSR count). The molecular weight excluding hydrogens is 478 g/mol. The highest BCUT2D eigenvalue weighted by atomic mass is 16.2. The molecule has 3 atom stereocenters. The van der Waals surface area contributed by atoms with E-state index in [9.17, 15) is 14.4 Å². The number of ketones is 1. The summed E-state index contributed by atoms with van der Waals surface area (Å²) in [6, 6.07) is 9.48. The van der Waals surface area contributed by atoms with Crippen LogP contribution in [-0.4, -0.2) is 47.3 Å². The summed E-state index contributed by atoms with van der Waals surface area (Å²) in [6.07, 6.45) is 9.68. The molecule has 0 radical (unpaired) electrons. The molecule has 1 aliphatic heterocycles. The number of nitrogens with two attached hydrogens (primary N) is 1. The van der Waals surface area contributed by atoms with Gasteiger partial charge in [0.05, 0.1) is 5.56 Å². The van der Waals surface area contributed by atoms with Crippen LogP contribution in [0.2, 0.25) is 0 Å². The van der Waals surface area contributed by atoms with Gasteiger partial charge in [0.15, 0.2) is 5.78 Å². The molecule has 1 aromatic carbocycles. The van der Waals surface area contributed by atoms with Gasteiger partial charge in [-0.15, -0.1) is 0 Å². The number of benzene rings is 1.